The molecule has 0 aromatic heterocycles. The number of benzene rings is 1. The van der Waals surface area contributed by atoms with E-state index in [1.54, 1.807) is 24.3 Å². The molecule has 1 rings (SSSR count). The Morgan fingerprint density at radius 3 is 2.55 bits per heavy atom. The van der Waals surface area contributed by atoms with E-state index in [9.17, 15) is 13.2 Å². The standard InChI is InChI=1S/C13H19ClN2O3S/c1-3-8-15-13(17)10-16(20(2,18)19)9-11-6-4-5-7-12(11)14/h4-7H,3,8-10H2,1-2H3,(H,15,17). The van der Waals surface area contributed by atoms with Crippen molar-refractivity contribution >= 4 is 27.5 Å². The van der Waals surface area contributed by atoms with E-state index >= 15 is 0 Å². The van der Waals surface area contributed by atoms with Crippen LogP contribution in [0.4, 0.5) is 0 Å². The number of nitrogens with zero attached hydrogens (tertiary/aromatic N) is 1. The summed E-state index contributed by atoms with van der Waals surface area (Å²) < 4.78 is 24.6. The van der Waals surface area contributed by atoms with Crippen molar-refractivity contribution in [2.24, 2.45) is 0 Å². The zero-order valence-electron chi connectivity index (χ0n) is 11.6. The first-order valence-corrected chi connectivity index (χ1v) is 8.52. The highest BCUT2D eigenvalue weighted by atomic mass is 35.5. The Kier molecular flexibility index (Phi) is 6.45. The van der Waals surface area contributed by atoms with Gasteiger partial charge in [0.2, 0.25) is 15.9 Å². The molecule has 0 saturated heterocycles. The molecule has 1 aromatic carbocycles. The SMILES string of the molecule is CCCNC(=O)CN(Cc1ccccc1Cl)S(C)(=O)=O. The first-order chi connectivity index (χ1) is 9.34. The summed E-state index contributed by atoms with van der Waals surface area (Å²) in [5.74, 6) is -0.315. The van der Waals surface area contributed by atoms with Crippen LogP contribution in [0.2, 0.25) is 5.02 Å². The van der Waals surface area contributed by atoms with Gasteiger partial charge in [-0.3, -0.25) is 4.79 Å². The fraction of sp³-hybridized carbons (Fsp3) is 0.462. The molecule has 7 heteroatoms. The largest absolute Gasteiger partial charge is 0.355 e. The van der Waals surface area contributed by atoms with Crippen molar-refractivity contribution in [2.45, 2.75) is 19.9 Å². The van der Waals surface area contributed by atoms with Gasteiger partial charge in [-0.05, 0) is 18.1 Å². The molecular formula is C13H19ClN2O3S. The second-order valence-electron chi connectivity index (χ2n) is 4.47. The average molecular weight is 319 g/mol. The van der Waals surface area contributed by atoms with Gasteiger partial charge in [-0.2, -0.15) is 4.31 Å². The third kappa shape index (κ3) is 5.48. The Hall–Kier alpha value is -1.11. The number of sulfonamides is 1. The lowest BCUT2D eigenvalue weighted by Gasteiger charge is -2.20. The molecule has 112 valence electrons. The third-order valence-electron chi connectivity index (χ3n) is 2.67. The van der Waals surface area contributed by atoms with Gasteiger partial charge in [0.15, 0.2) is 0 Å². The third-order valence-corrected chi connectivity index (χ3v) is 4.23. The summed E-state index contributed by atoms with van der Waals surface area (Å²) in [6.45, 7) is 2.34. The second kappa shape index (κ2) is 7.61. The fourth-order valence-corrected chi connectivity index (χ4v) is 2.51. The lowest BCUT2D eigenvalue weighted by molar-refractivity contribution is -0.121. The molecule has 0 heterocycles. The molecule has 1 aromatic rings. The van der Waals surface area contributed by atoms with Gasteiger partial charge in [0.05, 0.1) is 12.8 Å². The molecule has 0 fully saturated rings. The minimum absolute atomic E-state index is 0.0814. The Morgan fingerprint density at radius 1 is 1.35 bits per heavy atom. The Morgan fingerprint density at radius 2 is 2.00 bits per heavy atom. The topological polar surface area (TPSA) is 66.5 Å². The van der Waals surface area contributed by atoms with Crippen LogP contribution in [0.25, 0.3) is 0 Å². The molecular weight excluding hydrogens is 300 g/mol. The number of nitrogens with one attached hydrogen (secondary N) is 1. The zero-order valence-corrected chi connectivity index (χ0v) is 13.2. The number of carbonyl (C=O) groups is 1. The van der Waals surface area contributed by atoms with Crippen LogP contribution in [0.5, 0.6) is 0 Å². The van der Waals surface area contributed by atoms with E-state index in [2.05, 4.69) is 5.32 Å². The minimum Gasteiger partial charge on any atom is -0.355 e. The molecule has 0 spiro atoms. The maximum atomic E-state index is 11.8. The maximum absolute atomic E-state index is 11.8. The van der Waals surface area contributed by atoms with Crippen molar-refractivity contribution in [3.63, 3.8) is 0 Å². The first-order valence-electron chi connectivity index (χ1n) is 6.29. The Bertz CT molecular complexity index is 560. The van der Waals surface area contributed by atoms with Gasteiger partial charge in [-0.15, -0.1) is 0 Å². The van der Waals surface area contributed by atoms with Crippen molar-refractivity contribution in [3.05, 3.63) is 34.9 Å². The molecule has 5 nitrogen and oxygen atoms in total. The summed E-state index contributed by atoms with van der Waals surface area (Å²) in [6.07, 6.45) is 1.88. The van der Waals surface area contributed by atoms with Gasteiger partial charge >= 0.3 is 0 Å². The van der Waals surface area contributed by atoms with Crippen LogP contribution in [0.15, 0.2) is 24.3 Å². The second-order valence-corrected chi connectivity index (χ2v) is 6.86. The maximum Gasteiger partial charge on any atom is 0.235 e. The summed E-state index contributed by atoms with van der Waals surface area (Å²) in [5.41, 5.74) is 0.669. The lowest BCUT2D eigenvalue weighted by atomic mass is 10.2. The number of halogens is 1. The first kappa shape index (κ1) is 16.9. The number of hydrogen-bond donors (Lipinski definition) is 1. The minimum atomic E-state index is -3.49. The van der Waals surface area contributed by atoms with Gasteiger partial charge < -0.3 is 5.32 Å². The molecule has 0 radical (unpaired) electrons. The summed E-state index contributed by atoms with van der Waals surface area (Å²) in [7, 11) is -3.49. The predicted octanol–water partition coefficient (Wildman–Crippen LogP) is 1.63. The van der Waals surface area contributed by atoms with Crippen molar-refractivity contribution in [1.82, 2.24) is 9.62 Å². The van der Waals surface area contributed by atoms with Gasteiger partial charge in [0.1, 0.15) is 0 Å². The summed E-state index contributed by atoms with van der Waals surface area (Å²) in [5, 5.41) is 3.14. The van der Waals surface area contributed by atoms with E-state index in [4.69, 9.17) is 11.6 Å². The molecule has 0 unspecified atom stereocenters. The van der Waals surface area contributed by atoms with Crippen LogP contribution >= 0.6 is 11.6 Å². The molecule has 0 aliphatic heterocycles. The highest BCUT2D eigenvalue weighted by Gasteiger charge is 2.21. The average Bonchev–Trinajstić information content (AvgIpc) is 2.37. The molecule has 1 amide bonds. The number of amides is 1. The highest BCUT2D eigenvalue weighted by Crippen LogP contribution is 2.18. The zero-order chi connectivity index (χ0) is 15.2. The van der Waals surface area contributed by atoms with Crippen LogP contribution in [0.1, 0.15) is 18.9 Å². The van der Waals surface area contributed by atoms with Crippen LogP contribution in [0, 0.1) is 0 Å². The Labute approximate surface area is 125 Å². The lowest BCUT2D eigenvalue weighted by Crippen LogP contribution is -2.40. The molecule has 1 N–H and O–H groups in total. The highest BCUT2D eigenvalue weighted by molar-refractivity contribution is 7.88. The Balaban J connectivity index is 2.81. The van der Waals surface area contributed by atoms with E-state index in [0.29, 0.717) is 17.1 Å². The molecule has 20 heavy (non-hydrogen) atoms. The monoisotopic (exact) mass is 318 g/mol. The molecule has 0 bridgehead atoms. The number of rotatable bonds is 7. The van der Waals surface area contributed by atoms with Crippen LogP contribution in [-0.2, 0) is 21.4 Å². The van der Waals surface area contributed by atoms with Crippen LogP contribution < -0.4 is 5.32 Å². The quantitative estimate of drug-likeness (QED) is 0.831. The summed E-state index contributed by atoms with van der Waals surface area (Å²) in [4.78, 5) is 11.7. The molecule has 0 atom stereocenters. The fourth-order valence-electron chi connectivity index (χ4n) is 1.59. The smallest absolute Gasteiger partial charge is 0.235 e. The van der Waals surface area contributed by atoms with Crippen molar-refractivity contribution in [2.75, 3.05) is 19.3 Å². The summed E-state index contributed by atoms with van der Waals surface area (Å²) >= 11 is 6.02. The van der Waals surface area contributed by atoms with E-state index in [1.807, 2.05) is 6.92 Å². The van der Waals surface area contributed by atoms with Crippen molar-refractivity contribution in [1.29, 1.82) is 0 Å². The van der Waals surface area contributed by atoms with Gasteiger partial charge in [0.25, 0.3) is 0 Å². The van der Waals surface area contributed by atoms with Gasteiger partial charge in [-0.25, -0.2) is 8.42 Å². The van der Waals surface area contributed by atoms with Crippen molar-refractivity contribution < 1.29 is 13.2 Å². The van der Waals surface area contributed by atoms with Gasteiger partial charge in [-0.1, -0.05) is 36.7 Å². The predicted molar refractivity (Wildman–Crippen MR) is 80.0 cm³/mol. The van der Waals surface area contributed by atoms with Crippen molar-refractivity contribution in [3.8, 4) is 0 Å². The summed E-state index contributed by atoms with van der Waals surface area (Å²) in [6, 6.07) is 6.97. The van der Waals surface area contributed by atoms with E-state index in [-0.39, 0.29) is 19.0 Å². The molecule has 0 saturated carbocycles. The number of carbonyl (C=O) groups excluding carboxylic acids is 1. The van der Waals surface area contributed by atoms with Crippen LogP contribution in [0.3, 0.4) is 0 Å². The molecule has 0 aliphatic rings. The number of hydrogen-bond acceptors (Lipinski definition) is 3. The van der Waals surface area contributed by atoms with E-state index in [1.165, 1.54) is 0 Å². The molecule has 0 aliphatic carbocycles. The normalized spacial score (nSPS) is 11.6. The van der Waals surface area contributed by atoms with E-state index < -0.39 is 10.0 Å². The van der Waals surface area contributed by atoms with Crippen LogP contribution in [-0.4, -0.2) is 38.0 Å². The van der Waals surface area contributed by atoms with Gasteiger partial charge in [0, 0.05) is 18.1 Å². The van der Waals surface area contributed by atoms with E-state index in [0.717, 1.165) is 17.0 Å².